The fourth-order valence-electron chi connectivity index (χ4n) is 7.57. The van der Waals surface area contributed by atoms with Crippen molar-refractivity contribution in [3.63, 3.8) is 0 Å². The summed E-state index contributed by atoms with van der Waals surface area (Å²) in [7, 11) is 0. The normalized spacial score (nSPS) is 18.9. The van der Waals surface area contributed by atoms with E-state index in [0.717, 1.165) is 64.2 Å². The third-order valence-corrected chi connectivity index (χ3v) is 10.6. The Hall–Kier alpha value is -3.97. The van der Waals surface area contributed by atoms with Crippen molar-refractivity contribution in [3.8, 4) is 5.75 Å². The number of hydrogen-bond acceptors (Lipinski definition) is 5. The number of hydrogen-bond donors (Lipinski definition) is 1. The summed E-state index contributed by atoms with van der Waals surface area (Å²) >= 11 is 3.69. The van der Waals surface area contributed by atoms with Crippen LogP contribution in [0, 0.1) is 24.7 Å². The molecule has 3 aliphatic rings. The van der Waals surface area contributed by atoms with Gasteiger partial charge in [-0.3, -0.25) is 14.4 Å². The maximum Gasteiger partial charge on any atom is 0.262 e. The first-order valence-electron chi connectivity index (χ1n) is 16.9. The summed E-state index contributed by atoms with van der Waals surface area (Å²) in [6, 6.07) is 22.0. The highest BCUT2D eigenvalue weighted by molar-refractivity contribution is 9.10. The van der Waals surface area contributed by atoms with Crippen molar-refractivity contribution >= 4 is 39.1 Å². The molecule has 7 heteroatoms. The monoisotopic (exact) mass is 708 g/mol. The molecule has 3 aromatic rings. The van der Waals surface area contributed by atoms with E-state index in [-0.39, 0.29) is 34.9 Å². The Morgan fingerprint density at radius 2 is 1.48 bits per heavy atom. The summed E-state index contributed by atoms with van der Waals surface area (Å²) in [5.41, 5.74) is 8.24. The molecule has 6 nitrogen and oxygen atoms in total. The van der Waals surface area contributed by atoms with Crippen LogP contribution < -0.4 is 10.1 Å². The minimum absolute atomic E-state index is 0.111. The average molecular weight is 710 g/mol. The minimum Gasteiger partial charge on any atom is -0.483 e. The number of amides is 1. The van der Waals surface area contributed by atoms with Crippen LogP contribution in [0.5, 0.6) is 5.75 Å². The molecule has 1 aliphatic heterocycles. The highest BCUT2D eigenvalue weighted by atomic mass is 79.9. The van der Waals surface area contributed by atoms with E-state index in [0.29, 0.717) is 29.6 Å². The van der Waals surface area contributed by atoms with Gasteiger partial charge < -0.3 is 15.0 Å². The van der Waals surface area contributed by atoms with Crippen molar-refractivity contribution in [1.82, 2.24) is 4.90 Å². The van der Waals surface area contributed by atoms with Crippen LogP contribution >= 0.6 is 15.9 Å². The van der Waals surface area contributed by atoms with Crippen molar-refractivity contribution in [2.24, 2.45) is 10.8 Å². The molecule has 1 amide bonds. The van der Waals surface area contributed by atoms with Crippen molar-refractivity contribution < 1.29 is 19.1 Å². The zero-order valence-electron chi connectivity index (χ0n) is 28.8. The van der Waals surface area contributed by atoms with E-state index in [4.69, 9.17) is 4.74 Å². The number of carbonyl (C=O) groups is 3. The number of aryl methyl sites for hydroxylation is 1. The molecular formula is C41H45BrN2O4. The molecule has 250 valence electrons. The number of nitrogens with one attached hydrogen (secondary N) is 1. The molecule has 0 aromatic heterocycles. The molecule has 0 fully saturated rings. The molecule has 1 heterocycles. The molecule has 0 spiro atoms. The van der Waals surface area contributed by atoms with Gasteiger partial charge in [-0.15, -0.1) is 0 Å². The second-order valence-electron chi connectivity index (χ2n) is 15.2. The molecule has 48 heavy (non-hydrogen) atoms. The van der Waals surface area contributed by atoms with Gasteiger partial charge in [0.1, 0.15) is 5.75 Å². The lowest BCUT2D eigenvalue weighted by Crippen LogP contribution is -2.45. The second kappa shape index (κ2) is 13.1. The van der Waals surface area contributed by atoms with Crippen molar-refractivity contribution in [2.75, 3.05) is 18.5 Å². The Labute approximate surface area is 292 Å². The van der Waals surface area contributed by atoms with E-state index in [1.807, 2.05) is 56.3 Å². The topological polar surface area (TPSA) is 75.7 Å². The van der Waals surface area contributed by atoms with Crippen molar-refractivity contribution in [2.45, 2.75) is 79.6 Å². The van der Waals surface area contributed by atoms with Gasteiger partial charge in [-0.1, -0.05) is 76.2 Å². The van der Waals surface area contributed by atoms with E-state index in [2.05, 4.69) is 78.1 Å². The maximum absolute atomic E-state index is 14.2. The molecule has 0 radical (unpaired) electrons. The van der Waals surface area contributed by atoms with Gasteiger partial charge in [0.05, 0.1) is 4.47 Å². The molecule has 3 aromatic carbocycles. The molecular weight excluding hydrogens is 664 g/mol. The van der Waals surface area contributed by atoms with Gasteiger partial charge in [0.25, 0.3) is 5.91 Å². The largest absolute Gasteiger partial charge is 0.483 e. The Kier molecular flexibility index (Phi) is 9.29. The van der Waals surface area contributed by atoms with E-state index < -0.39 is 5.92 Å². The lowest BCUT2D eigenvalue weighted by atomic mass is 9.63. The zero-order valence-corrected chi connectivity index (χ0v) is 30.4. The zero-order chi connectivity index (χ0) is 34.4. The summed E-state index contributed by atoms with van der Waals surface area (Å²) in [6.07, 6.45) is 3.23. The Bertz CT molecular complexity index is 1800. The first kappa shape index (κ1) is 33.9. The first-order valence-corrected chi connectivity index (χ1v) is 17.6. The molecule has 0 unspecified atom stereocenters. The fourth-order valence-corrected chi connectivity index (χ4v) is 8.08. The van der Waals surface area contributed by atoms with Crippen LogP contribution in [0.25, 0.3) is 0 Å². The smallest absolute Gasteiger partial charge is 0.262 e. The number of benzene rings is 3. The third kappa shape index (κ3) is 6.93. The number of nitrogens with zero attached hydrogens (tertiary/aromatic N) is 1. The van der Waals surface area contributed by atoms with Gasteiger partial charge in [-0.2, -0.15) is 0 Å². The van der Waals surface area contributed by atoms with E-state index in [1.165, 1.54) is 5.56 Å². The number of rotatable bonds is 8. The van der Waals surface area contributed by atoms with Crippen LogP contribution in [-0.2, 0) is 20.8 Å². The van der Waals surface area contributed by atoms with Gasteiger partial charge in [0.15, 0.2) is 18.2 Å². The summed E-state index contributed by atoms with van der Waals surface area (Å²) in [5.74, 6) is 0.0382. The minimum atomic E-state index is -0.451. The molecule has 0 saturated heterocycles. The number of halogens is 1. The standard InChI is InChI=1S/C41H45BrN2O4/c1-25-11-10-14-30(26(25)2)43-36(47)24-48-35-16-15-28(19-29(35)42)37-38-31(20-40(3,4)22-33(38)45)44(18-17-27-12-8-7-9-13-27)32-21-41(5,6)23-34(46)39(32)37/h7-16,19,37H,17-18,20-24H2,1-6H3,(H,43,47). The molecule has 1 N–H and O–H groups in total. The molecule has 0 atom stereocenters. The number of ketones is 2. The predicted molar refractivity (Wildman–Crippen MR) is 194 cm³/mol. The number of anilines is 1. The van der Waals surface area contributed by atoms with Crippen LogP contribution in [0.2, 0.25) is 0 Å². The van der Waals surface area contributed by atoms with Crippen LogP contribution in [0.15, 0.2) is 93.7 Å². The Morgan fingerprint density at radius 1 is 0.854 bits per heavy atom. The Balaban J connectivity index is 1.35. The molecule has 2 aliphatic carbocycles. The molecule has 6 rings (SSSR count). The summed E-state index contributed by atoms with van der Waals surface area (Å²) in [5, 5.41) is 2.94. The van der Waals surface area contributed by atoms with Crippen LogP contribution in [0.4, 0.5) is 5.69 Å². The van der Waals surface area contributed by atoms with Gasteiger partial charge in [-0.05, 0) is 100 Å². The Morgan fingerprint density at radius 3 is 2.08 bits per heavy atom. The number of carbonyl (C=O) groups excluding carboxylic acids is 3. The highest BCUT2D eigenvalue weighted by Gasteiger charge is 2.49. The fraction of sp³-hybridized carbons (Fsp3) is 0.390. The van der Waals surface area contributed by atoms with Crippen LogP contribution in [-0.4, -0.2) is 35.5 Å². The van der Waals surface area contributed by atoms with Gasteiger partial charge in [0.2, 0.25) is 0 Å². The summed E-state index contributed by atoms with van der Waals surface area (Å²) in [6.45, 7) is 13.2. The summed E-state index contributed by atoms with van der Waals surface area (Å²) < 4.78 is 6.63. The molecule has 0 bridgehead atoms. The van der Waals surface area contributed by atoms with E-state index in [9.17, 15) is 14.4 Å². The lowest BCUT2D eigenvalue weighted by Gasteiger charge is -2.49. The first-order chi connectivity index (χ1) is 22.7. The average Bonchev–Trinajstić information content (AvgIpc) is 3.00. The van der Waals surface area contributed by atoms with Gasteiger partial charge >= 0.3 is 0 Å². The lowest BCUT2D eigenvalue weighted by molar-refractivity contribution is -0.120. The highest BCUT2D eigenvalue weighted by Crippen LogP contribution is 2.54. The third-order valence-electron chi connectivity index (χ3n) is 10.0. The molecule has 0 saturated carbocycles. The van der Waals surface area contributed by atoms with E-state index in [1.54, 1.807) is 0 Å². The van der Waals surface area contributed by atoms with Crippen molar-refractivity contribution in [1.29, 1.82) is 0 Å². The van der Waals surface area contributed by atoms with Crippen LogP contribution in [0.3, 0.4) is 0 Å². The number of ether oxygens (including phenoxy) is 1. The predicted octanol–water partition coefficient (Wildman–Crippen LogP) is 9.01. The van der Waals surface area contributed by atoms with Crippen molar-refractivity contribution in [3.05, 3.63) is 116 Å². The second-order valence-corrected chi connectivity index (χ2v) is 16.1. The summed E-state index contributed by atoms with van der Waals surface area (Å²) in [4.78, 5) is 43.5. The van der Waals surface area contributed by atoms with Gasteiger partial charge in [0, 0.05) is 53.5 Å². The maximum atomic E-state index is 14.2. The number of Topliss-reactive ketones (excluding diaryl/α,β-unsaturated/α-hetero) is 2. The van der Waals surface area contributed by atoms with Gasteiger partial charge in [-0.25, -0.2) is 0 Å². The quantitative estimate of drug-likeness (QED) is 0.253. The number of allylic oxidation sites excluding steroid dienone is 4. The van der Waals surface area contributed by atoms with Crippen LogP contribution in [0.1, 0.15) is 81.5 Å². The SMILES string of the molecule is Cc1cccc(NC(=O)COc2ccc(C3C4=C(CC(C)(C)CC4=O)N(CCc4ccccc4)C4=C3C(=O)CC(C)(C)C4)cc2Br)c1C. The van der Waals surface area contributed by atoms with E-state index >= 15 is 0 Å².